The fraction of sp³-hybridized carbons (Fsp3) is 0.565. The second kappa shape index (κ2) is 7.87. The number of nitrogens with two attached hydrogens (primary N) is 2. The van der Waals surface area contributed by atoms with Gasteiger partial charge in [0.15, 0.2) is 0 Å². The van der Waals surface area contributed by atoms with E-state index in [4.69, 9.17) is 11.5 Å². The molecule has 1 aromatic carbocycles. The van der Waals surface area contributed by atoms with E-state index in [0.29, 0.717) is 31.6 Å². The zero-order valence-corrected chi connectivity index (χ0v) is 17.9. The van der Waals surface area contributed by atoms with Crippen LogP contribution in [0, 0.1) is 11.3 Å². The van der Waals surface area contributed by atoms with E-state index in [1.165, 1.54) is 0 Å². The number of carbonyl (C=O) groups excluding carboxylic acids is 3. The van der Waals surface area contributed by atoms with Crippen LogP contribution in [0.1, 0.15) is 53.2 Å². The summed E-state index contributed by atoms with van der Waals surface area (Å²) in [5.74, 6) is -0.547. The number of hydrogen-bond donors (Lipinski definition) is 2. The van der Waals surface area contributed by atoms with Gasteiger partial charge in [-0.3, -0.25) is 19.3 Å². The van der Waals surface area contributed by atoms with Crippen LogP contribution in [0.3, 0.4) is 0 Å². The molecule has 1 aromatic rings. The number of nitrogens with zero attached hydrogens (tertiary/aromatic N) is 4. The van der Waals surface area contributed by atoms with Crippen molar-refractivity contribution >= 4 is 17.7 Å². The summed E-state index contributed by atoms with van der Waals surface area (Å²) in [6, 6.07) is 6.44. The van der Waals surface area contributed by atoms with Gasteiger partial charge >= 0.3 is 0 Å². The molecule has 32 heavy (non-hydrogen) atoms. The average Bonchev–Trinajstić information content (AvgIpc) is 3.55. The van der Waals surface area contributed by atoms with Gasteiger partial charge in [0.2, 0.25) is 17.7 Å². The first-order valence-corrected chi connectivity index (χ1v) is 11.3. The van der Waals surface area contributed by atoms with E-state index in [9.17, 15) is 19.6 Å². The Morgan fingerprint density at radius 2 is 2.06 bits per heavy atom. The molecule has 4 aliphatic rings. The molecule has 0 radical (unpaired) electrons. The lowest BCUT2D eigenvalue weighted by Crippen LogP contribution is -2.56. The van der Waals surface area contributed by atoms with E-state index in [1.54, 1.807) is 11.0 Å². The Balaban J connectivity index is 1.25. The molecule has 9 nitrogen and oxygen atoms in total. The summed E-state index contributed by atoms with van der Waals surface area (Å²) in [5.41, 5.74) is 14.3. The summed E-state index contributed by atoms with van der Waals surface area (Å²) in [6.07, 6.45) is 3.93. The van der Waals surface area contributed by atoms with Gasteiger partial charge < -0.3 is 21.3 Å². The molecule has 168 valence electrons. The summed E-state index contributed by atoms with van der Waals surface area (Å²) in [5, 5.41) is 9.25. The number of piperazine rings is 1. The zero-order chi connectivity index (χ0) is 22.6. The Kier molecular flexibility index (Phi) is 5.14. The third-order valence-electron chi connectivity index (χ3n) is 7.56. The van der Waals surface area contributed by atoms with Crippen LogP contribution in [0.15, 0.2) is 18.2 Å². The fourth-order valence-corrected chi connectivity index (χ4v) is 6.05. The number of nitriles is 1. The molecule has 3 aliphatic heterocycles. The lowest BCUT2D eigenvalue weighted by atomic mass is 10.0. The van der Waals surface area contributed by atoms with Gasteiger partial charge in [-0.2, -0.15) is 5.26 Å². The van der Waals surface area contributed by atoms with Crippen molar-refractivity contribution < 1.29 is 14.4 Å². The van der Waals surface area contributed by atoms with Crippen molar-refractivity contribution in [2.24, 2.45) is 11.5 Å². The third-order valence-corrected chi connectivity index (χ3v) is 7.56. The number of amides is 3. The molecule has 3 heterocycles. The number of primary amides is 1. The Hall–Kier alpha value is -2.96. The molecule has 1 aliphatic carbocycles. The highest BCUT2D eigenvalue weighted by atomic mass is 16.2. The van der Waals surface area contributed by atoms with Crippen LogP contribution in [0.5, 0.6) is 0 Å². The molecule has 0 unspecified atom stereocenters. The van der Waals surface area contributed by atoms with Crippen LogP contribution in [0.2, 0.25) is 0 Å². The molecule has 9 heteroatoms. The van der Waals surface area contributed by atoms with Crippen molar-refractivity contribution in [1.29, 1.82) is 5.26 Å². The van der Waals surface area contributed by atoms with Crippen LogP contribution in [-0.2, 0) is 16.0 Å². The van der Waals surface area contributed by atoms with Crippen molar-refractivity contribution in [2.45, 2.75) is 62.3 Å². The summed E-state index contributed by atoms with van der Waals surface area (Å²) in [4.78, 5) is 43.2. The average molecular weight is 437 g/mol. The lowest BCUT2D eigenvalue weighted by molar-refractivity contribution is -0.141. The number of hydrogen-bond acceptors (Lipinski definition) is 6. The maximum Gasteiger partial charge on any atom is 0.248 e. The van der Waals surface area contributed by atoms with Gasteiger partial charge in [0.25, 0.3) is 0 Å². The minimum Gasteiger partial charge on any atom is -0.366 e. The molecule has 5 rings (SSSR count). The summed E-state index contributed by atoms with van der Waals surface area (Å²) >= 11 is 0. The SMILES string of the molecule is N#C[C@@H]1CCCN1C(=O)[C@@H](N)CN1C[C@@H]2C[C@H]1C(=O)N2[C@@H]1CCc2cc(C(N)=O)ccc21. The number of fused-ring (bicyclic) bond motifs is 3. The fourth-order valence-electron chi connectivity index (χ4n) is 6.05. The van der Waals surface area contributed by atoms with E-state index in [-0.39, 0.29) is 29.9 Å². The third kappa shape index (κ3) is 3.26. The quantitative estimate of drug-likeness (QED) is 0.661. The van der Waals surface area contributed by atoms with E-state index in [2.05, 4.69) is 6.07 Å². The van der Waals surface area contributed by atoms with Gasteiger partial charge in [-0.25, -0.2) is 0 Å². The molecule has 0 saturated carbocycles. The Morgan fingerprint density at radius 1 is 1.25 bits per heavy atom. The van der Waals surface area contributed by atoms with Crippen molar-refractivity contribution in [3.05, 3.63) is 34.9 Å². The molecular formula is C23H28N6O3. The number of benzene rings is 1. The monoisotopic (exact) mass is 436 g/mol. The predicted octanol–water partition coefficient (Wildman–Crippen LogP) is -0.100. The first-order chi connectivity index (χ1) is 15.4. The second-order valence-corrected chi connectivity index (χ2v) is 9.36. The van der Waals surface area contributed by atoms with Crippen molar-refractivity contribution in [1.82, 2.24) is 14.7 Å². The maximum absolute atomic E-state index is 13.3. The van der Waals surface area contributed by atoms with E-state index in [0.717, 1.165) is 36.8 Å². The van der Waals surface area contributed by atoms with E-state index < -0.39 is 18.0 Å². The molecule has 0 spiro atoms. The number of aryl methyl sites for hydroxylation is 1. The molecule has 3 saturated heterocycles. The zero-order valence-electron chi connectivity index (χ0n) is 17.9. The van der Waals surface area contributed by atoms with Crippen LogP contribution in [0.25, 0.3) is 0 Å². The predicted molar refractivity (Wildman–Crippen MR) is 115 cm³/mol. The van der Waals surface area contributed by atoms with Gasteiger partial charge in [-0.05, 0) is 55.4 Å². The Labute approximate surface area is 186 Å². The molecule has 3 amide bonds. The van der Waals surface area contributed by atoms with E-state index in [1.807, 2.05) is 21.9 Å². The summed E-state index contributed by atoms with van der Waals surface area (Å²) in [6.45, 7) is 1.60. The van der Waals surface area contributed by atoms with Gasteiger partial charge in [-0.15, -0.1) is 0 Å². The van der Waals surface area contributed by atoms with Crippen LogP contribution in [0.4, 0.5) is 0 Å². The smallest absolute Gasteiger partial charge is 0.248 e. The molecule has 3 fully saturated rings. The van der Waals surface area contributed by atoms with Gasteiger partial charge in [0, 0.05) is 31.2 Å². The summed E-state index contributed by atoms with van der Waals surface area (Å²) < 4.78 is 0. The highest BCUT2D eigenvalue weighted by Crippen LogP contribution is 2.44. The highest BCUT2D eigenvalue weighted by Gasteiger charge is 2.53. The number of rotatable bonds is 5. The minimum absolute atomic E-state index is 0.0212. The Bertz CT molecular complexity index is 1020. The van der Waals surface area contributed by atoms with E-state index >= 15 is 0 Å². The topological polar surface area (TPSA) is 137 Å². The molecule has 2 bridgehead atoms. The molecule has 4 N–H and O–H groups in total. The maximum atomic E-state index is 13.3. The normalized spacial score (nSPS) is 29.9. The number of carbonyl (C=O) groups is 3. The largest absolute Gasteiger partial charge is 0.366 e. The molecule has 5 atom stereocenters. The highest BCUT2D eigenvalue weighted by molar-refractivity contribution is 5.93. The first-order valence-electron chi connectivity index (χ1n) is 11.3. The van der Waals surface area contributed by atoms with Crippen molar-refractivity contribution in [3.63, 3.8) is 0 Å². The van der Waals surface area contributed by atoms with Crippen LogP contribution < -0.4 is 11.5 Å². The van der Waals surface area contributed by atoms with Crippen molar-refractivity contribution in [2.75, 3.05) is 19.6 Å². The van der Waals surface area contributed by atoms with Gasteiger partial charge in [0.1, 0.15) is 6.04 Å². The van der Waals surface area contributed by atoms with Crippen molar-refractivity contribution in [3.8, 4) is 6.07 Å². The van der Waals surface area contributed by atoms with Crippen LogP contribution >= 0.6 is 0 Å². The Morgan fingerprint density at radius 3 is 2.78 bits per heavy atom. The van der Waals surface area contributed by atoms with Gasteiger partial charge in [0.05, 0.1) is 24.2 Å². The first kappa shape index (κ1) is 20.9. The minimum atomic E-state index is -0.732. The number of likely N-dealkylation sites (tertiary alicyclic amines) is 3. The molecular weight excluding hydrogens is 408 g/mol. The second-order valence-electron chi connectivity index (χ2n) is 9.36. The lowest BCUT2D eigenvalue weighted by Gasteiger charge is -2.38. The standard InChI is InChI=1S/C23H28N6O3/c24-10-15-2-1-7-28(15)22(31)18(25)12-27-11-16-9-20(27)23(32)29(16)19-6-4-13-8-14(21(26)30)3-5-17(13)19/h3,5,8,15-16,18-20H,1-2,4,6-7,9,11-12,25H2,(H2,26,30)/t15-,16-,18-,19+,20-/m0/s1. The molecule has 0 aromatic heterocycles. The van der Waals surface area contributed by atoms with Crippen LogP contribution in [-0.4, -0.2) is 76.2 Å². The summed E-state index contributed by atoms with van der Waals surface area (Å²) in [7, 11) is 0. The van der Waals surface area contributed by atoms with Gasteiger partial charge in [-0.1, -0.05) is 6.07 Å².